The van der Waals surface area contributed by atoms with Crippen molar-refractivity contribution in [3.8, 4) is 5.75 Å². The van der Waals surface area contributed by atoms with E-state index >= 15 is 0 Å². The number of Topliss-reactive ketones (excluding diaryl/α,β-unsaturated/α-hetero) is 1. The fourth-order valence-corrected chi connectivity index (χ4v) is 3.03. The Morgan fingerprint density at radius 1 is 1.43 bits per heavy atom. The molecular formula is C17H20ClNO4. The fraction of sp³-hybridized carbons (Fsp3) is 0.412. The average molecular weight is 338 g/mol. The number of methoxy groups -OCH3 is 1. The first-order valence-electron chi connectivity index (χ1n) is 7.45. The van der Waals surface area contributed by atoms with Crippen LogP contribution in [0.3, 0.4) is 0 Å². The van der Waals surface area contributed by atoms with Crippen LogP contribution in [0.5, 0.6) is 5.75 Å². The Bertz CT molecular complexity index is 635. The van der Waals surface area contributed by atoms with Crippen molar-refractivity contribution in [1.82, 2.24) is 5.32 Å². The number of hydrogen-bond donors (Lipinski definition) is 1. The maximum absolute atomic E-state index is 12.5. The Kier molecular flexibility index (Phi) is 5.44. The van der Waals surface area contributed by atoms with E-state index in [1.165, 1.54) is 13.2 Å². The second-order valence-corrected chi connectivity index (χ2v) is 5.78. The lowest BCUT2D eigenvalue weighted by molar-refractivity contribution is -0.134. The zero-order chi connectivity index (χ0) is 15.6. The summed E-state index contributed by atoms with van der Waals surface area (Å²) in [5, 5.41) is 3.31. The molecule has 5 nitrogen and oxygen atoms in total. The number of fused-ring (bicyclic) bond motifs is 1. The van der Waals surface area contributed by atoms with E-state index in [1.807, 2.05) is 6.07 Å². The maximum Gasteiger partial charge on any atom is 0.330 e. The number of rotatable bonds is 2. The number of carbonyl (C=O) groups excluding carboxylic acids is 2. The summed E-state index contributed by atoms with van der Waals surface area (Å²) in [5.74, 6) is 0.306. The predicted octanol–water partition coefficient (Wildman–Crippen LogP) is 2.38. The summed E-state index contributed by atoms with van der Waals surface area (Å²) in [6.07, 6.45) is 5.28. The van der Waals surface area contributed by atoms with Crippen LogP contribution >= 0.6 is 12.4 Å². The number of hydrogen-bond acceptors (Lipinski definition) is 5. The smallest absolute Gasteiger partial charge is 0.330 e. The normalized spacial score (nSPS) is 23.1. The summed E-state index contributed by atoms with van der Waals surface area (Å²) in [4.78, 5) is 23.6. The minimum absolute atomic E-state index is 0. The number of esters is 1. The maximum atomic E-state index is 12.5. The van der Waals surface area contributed by atoms with Crippen LogP contribution in [-0.4, -0.2) is 37.6 Å². The predicted molar refractivity (Wildman–Crippen MR) is 89.2 cm³/mol. The lowest BCUT2D eigenvalue weighted by Crippen LogP contribution is -2.53. The van der Waals surface area contributed by atoms with Gasteiger partial charge in [-0.3, -0.25) is 4.79 Å². The van der Waals surface area contributed by atoms with Gasteiger partial charge in [-0.1, -0.05) is 6.07 Å². The van der Waals surface area contributed by atoms with E-state index in [9.17, 15) is 9.59 Å². The van der Waals surface area contributed by atoms with Gasteiger partial charge in [-0.05, 0) is 43.2 Å². The highest BCUT2D eigenvalue weighted by Gasteiger charge is 2.41. The number of ketones is 1. The summed E-state index contributed by atoms with van der Waals surface area (Å²) >= 11 is 0. The van der Waals surface area contributed by atoms with Crippen molar-refractivity contribution in [2.75, 3.05) is 20.2 Å². The third-order valence-electron chi connectivity index (χ3n) is 4.16. The topological polar surface area (TPSA) is 64.6 Å². The molecule has 0 radical (unpaired) electrons. The lowest BCUT2D eigenvalue weighted by Gasteiger charge is -2.40. The van der Waals surface area contributed by atoms with Gasteiger partial charge in [0.2, 0.25) is 0 Å². The molecule has 0 bridgehead atoms. The van der Waals surface area contributed by atoms with Crippen molar-refractivity contribution >= 4 is 30.2 Å². The molecule has 2 aliphatic rings. The lowest BCUT2D eigenvalue weighted by atomic mass is 9.84. The van der Waals surface area contributed by atoms with Crippen LogP contribution in [0.4, 0.5) is 0 Å². The zero-order valence-electron chi connectivity index (χ0n) is 13.0. The van der Waals surface area contributed by atoms with Crippen LogP contribution in [0.25, 0.3) is 6.08 Å². The van der Waals surface area contributed by atoms with Crippen molar-refractivity contribution in [2.45, 2.75) is 24.9 Å². The summed E-state index contributed by atoms with van der Waals surface area (Å²) < 4.78 is 10.7. The molecule has 3 rings (SSSR count). The van der Waals surface area contributed by atoms with Crippen molar-refractivity contribution in [3.05, 3.63) is 35.4 Å². The molecule has 1 atom stereocenters. The molecule has 1 fully saturated rings. The van der Waals surface area contributed by atoms with E-state index in [4.69, 9.17) is 4.74 Å². The quantitative estimate of drug-likeness (QED) is 0.663. The number of carbonyl (C=O) groups is 2. The molecule has 0 amide bonds. The largest absolute Gasteiger partial charge is 0.485 e. The van der Waals surface area contributed by atoms with Crippen LogP contribution in [0, 0.1) is 0 Å². The van der Waals surface area contributed by atoms with Gasteiger partial charge >= 0.3 is 5.97 Å². The summed E-state index contributed by atoms with van der Waals surface area (Å²) in [6, 6.07) is 5.40. The molecule has 2 heterocycles. The molecule has 0 saturated carbocycles. The van der Waals surface area contributed by atoms with Gasteiger partial charge in [0.05, 0.1) is 19.1 Å². The van der Waals surface area contributed by atoms with Crippen molar-refractivity contribution in [1.29, 1.82) is 0 Å². The Morgan fingerprint density at radius 3 is 2.96 bits per heavy atom. The van der Waals surface area contributed by atoms with Crippen LogP contribution in [0.2, 0.25) is 0 Å². The standard InChI is InChI=1S/C17H19NO4.ClH/c1-21-16(20)6-4-12-3-5-15-13(9-12)14(19)10-17(22-15)7-2-8-18-11-17;/h3-6,9,18H,2,7-8,10-11H2,1H3;1H/b6-4+;. The summed E-state index contributed by atoms with van der Waals surface area (Å²) in [5.41, 5.74) is 0.966. The van der Waals surface area contributed by atoms with Crippen LogP contribution < -0.4 is 10.1 Å². The van der Waals surface area contributed by atoms with Gasteiger partial charge in [0.1, 0.15) is 11.4 Å². The molecule has 1 aromatic rings. The third kappa shape index (κ3) is 3.74. The first-order chi connectivity index (χ1) is 10.6. The van der Waals surface area contributed by atoms with Crippen molar-refractivity contribution < 1.29 is 19.1 Å². The van der Waals surface area contributed by atoms with Gasteiger partial charge < -0.3 is 14.8 Å². The van der Waals surface area contributed by atoms with Gasteiger partial charge in [0.15, 0.2) is 5.78 Å². The number of benzene rings is 1. The first-order valence-corrected chi connectivity index (χ1v) is 7.45. The van der Waals surface area contributed by atoms with E-state index in [1.54, 1.807) is 18.2 Å². The van der Waals surface area contributed by atoms with Crippen LogP contribution in [0.1, 0.15) is 35.2 Å². The number of piperidine rings is 1. The monoisotopic (exact) mass is 337 g/mol. The minimum Gasteiger partial charge on any atom is -0.485 e. The highest BCUT2D eigenvalue weighted by molar-refractivity contribution is 6.01. The molecule has 23 heavy (non-hydrogen) atoms. The average Bonchev–Trinajstić information content (AvgIpc) is 2.53. The van der Waals surface area contributed by atoms with Gasteiger partial charge in [-0.15, -0.1) is 12.4 Å². The molecule has 0 aliphatic carbocycles. The highest BCUT2D eigenvalue weighted by atomic mass is 35.5. The SMILES string of the molecule is COC(=O)/C=C/c1ccc2c(c1)C(=O)CC1(CCCNC1)O2.Cl. The van der Waals surface area contributed by atoms with Crippen molar-refractivity contribution in [3.63, 3.8) is 0 Å². The van der Waals surface area contributed by atoms with Crippen LogP contribution in [-0.2, 0) is 9.53 Å². The van der Waals surface area contributed by atoms with Gasteiger partial charge in [-0.25, -0.2) is 4.79 Å². The Hall–Kier alpha value is -1.85. The van der Waals surface area contributed by atoms with E-state index < -0.39 is 11.6 Å². The Balaban J connectivity index is 0.00000192. The van der Waals surface area contributed by atoms with Gasteiger partial charge in [-0.2, -0.15) is 0 Å². The second kappa shape index (κ2) is 7.15. The molecule has 1 unspecified atom stereocenters. The molecule has 2 aliphatic heterocycles. The van der Waals surface area contributed by atoms with Crippen molar-refractivity contribution in [2.24, 2.45) is 0 Å². The van der Waals surface area contributed by atoms with E-state index in [0.29, 0.717) is 24.3 Å². The number of halogens is 1. The third-order valence-corrected chi connectivity index (χ3v) is 4.16. The van der Waals surface area contributed by atoms with E-state index in [-0.39, 0.29) is 18.2 Å². The number of ether oxygens (including phenoxy) is 2. The molecule has 1 aromatic carbocycles. The first kappa shape index (κ1) is 17.5. The molecule has 124 valence electrons. The summed E-state index contributed by atoms with van der Waals surface area (Å²) in [7, 11) is 1.33. The van der Waals surface area contributed by atoms with Gasteiger partial charge in [0.25, 0.3) is 0 Å². The number of nitrogens with one attached hydrogen (secondary N) is 1. The molecule has 1 N–H and O–H groups in total. The zero-order valence-corrected chi connectivity index (χ0v) is 13.8. The fourth-order valence-electron chi connectivity index (χ4n) is 3.03. The molecular weight excluding hydrogens is 318 g/mol. The van der Waals surface area contributed by atoms with E-state index in [2.05, 4.69) is 10.1 Å². The molecule has 1 spiro atoms. The molecule has 1 saturated heterocycles. The summed E-state index contributed by atoms with van der Waals surface area (Å²) in [6.45, 7) is 1.69. The highest BCUT2D eigenvalue weighted by Crippen LogP contribution is 2.37. The molecule has 6 heteroatoms. The van der Waals surface area contributed by atoms with Crippen LogP contribution in [0.15, 0.2) is 24.3 Å². The van der Waals surface area contributed by atoms with Gasteiger partial charge in [0, 0.05) is 12.6 Å². The molecule has 0 aromatic heterocycles. The minimum atomic E-state index is -0.424. The Morgan fingerprint density at radius 2 is 2.26 bits per heavy atom. The van der Waals surface area contributed by atoms with E-state index in [0.717, 1.165) is 24.9 Å². The Labute approximate surface area is 141 Å². The second-order valence-electron chi connectivity index (χ2n) is 5.78.